The molecule has 1 unspecified atom stereocenters. The Balaban J connectivity index is 1.77. The van der Waals surface area contributed by atoms with Crippen molar-refractivity contribution in [2.75, 3.05) is 0 Å². The maximum Gasteiger partial charge on any atom is 0.230 e. The van der Waals surface area contributed by atoms with Gasteiger partial charge in [-0.15, -0.1) is 0 Å². The Morgan fingerprint density at radius 1 is 0.952 bits per heavy atom. The van der Waals surface area contributed by atoms with Crippen molar-refractivity contribution in [3.63, 3.8) is 0 Å². The van der Waals surface area contributed by atoms with E-state index in [2.05, 4.69) is 5.10 Å². The molecule has 1 aliphatic heterocycles. The van der Waals surface area contributed by atoms with Crippen molar-refractivity contribution in [2.24, 2.45) is 5.10 Å². The smallest absolute Gasteiger partial charge is 0.230 e. The van der Waals surface area contributed by atoms with Gasteiger partial charge in [0, 0.05) is 6.42 Å². The lowest BCUT2D eigenvalue weighted by molar-refractivity contribution is -0.119. The third-order valence-corrected chi connectivity index (χ3v) is 3.53. The summed E-state index contributed by atoms with van der Waals surface area (Å²) in [5.74, 6) is 0. The molecule has 0 spiro atoms. The Kier molecular flexibility index (Phi) is 3.92. The average molecular weight is 276 g/mol. The first-order chi connectivity index (χ1) is 10.4. The van der Waals surface area contributed by atoms with Crippen molar-refractivity contribution in [3.05, 3.63) is 77.9 Å². The van der Waals surface area contributed by atoms with Crippen molar-refractivity contribution < 1.29 is 4.79 Å². The van der Waals surface area contributed by atoms with Gasteiger partial charge in [0.1, 0.15) is 0 Å². The molecule has 0 fully saturated rings. The van der Waals surface area contributed by atoms with E-state index in [9.17, 15) is 4.79 Å². The third-order valence-electron chi connectivity index (χ3n) is 3.53. The molecule has 0 saturated heterocycles. The second-order valence-corrected chi connectivity index (χ2v) is 4.95. The minimum atomic E-state index is -0.000812. The normalized spacial score (nSPS) is 18.0. The fraction of sp³-hybridized carbons (Fsp3) is 0.111. The molecule has 0 aliphatic carbocycles. The maximum absolute atomic E-state index is 11.2. The Bertz CT molecular complexity index is 662. The van der Waals surface area contributed by atoms with Crippen LogP contribution in [0.3, 0.4) is 0 Å². The summed E-state index contributed by atoms with van der Waals surface area (Å²) in [6.45, 7) is 0. The van der Waals surface area contributed by atoms with Gasteiger partial charge in [-0.3, -0.25) is 4.79 Å². The van der Waals surface area contributed by atoms with Crippen molar-refractivity contribution >= 4 is 18.2 Å². The number of rotatable bonds is 4. The highest BCUT2D eigenvalue weighted by Crippen LogP contribution is 2.29. The van der Waals surface area contributed by atoms with Crippen molar-refractivity contribution in [1.82, 2.24) is 5.01 Å². The number of amides is 1. The van der Waals surface area contributed by atoms with Crippen LogP contribution >= 0.6 is 0 Å². The Labute approximate surface area is 124 Å². The zero-order chi connectivity index (χ0) is 14.5. The number of hydrogen-bond acceptors (Lipinski definition) is 2. The first-order valence-corrected chi connectivity index (χ1v) is 6.96. The zero-order valence-electron chi connectivity index (χ0n) is 11.6. The summed E-state index contributed by atoms with van der Waals surface area (Å²) in [5, 5.41) is 5.87. The van der Waals surface area contributed by atoms with Crippen LogP contribution in [-0.2, 0) is 4.79 Å². The van der Waals surface area contributed by atoms with Crippen molar-refractivity contribution in [3.8, 4) is 0 Å². The van der Waals surface area contributed by atoms with E-state index >= 15 is 0 Å². The van der Waals surface area contributed by atoms with E-state index in [0.717, 1.165) is 29.7 Å². The number of hydrazone groups is 1. The molecular formula is C18H16N2O. The van der Waals surface area contributed by atoms with E-state index in [1.165, 1.54) is 5.01 Å². The molecule has 1 aliphatic rings. The number of nitrogens with zero attached hydrogens (tertiary/aromatic N) is 2. The lowest BCUT2D eigenvalue weighted by Crippen LogP contribution is -2.17. The fourth-order valence-corrected chi connectivity index (χ4v) is 2.45. The number of benzene rings is 2. The molecular weight excluding hydrogens is 260 g/mol. The van der Waals surface area contributed by atoms with Crippen LogP contribution < -0.4 is 0 Å². The Morgan fingerprint density at radius 2 is 1.62 bits per heavy atom. The molecule has 0 radical (unpaired) electrons. The molecule has 1 amide bonds. The minimum absolute atomic E-state index is 0.000812. The molecule has 1 heterocycles. The van der Waals surface area contributed by atoms with Crippen molar-refractivity contribution in [1.29, 1.82) is 0 Å². The Hall–Kier alpha value is -2.68. The topological polar surface area (TPSA) is 32.7 Å². The molecule has 2 aromatic rings. The van der Waals surface area contributed by atoms with E-state index in [4.69, 9.17) is 0 Å². The van der Waals surface area contributed by atoms with Gasteiger partial charge in [-0.25, -0.2) is 5.01 Å². The van der Waals surface area contributed by atoms with Crippen LogP contribution in [-0.4, -0.2) is 17.1 Å². The van der Waals surface area contributed by atoms with Gasteiger partial charge in [-0.05, 0) is 17.2 Å². The summed E-state index contributed by atoms with van der Waals surface area (Å²) in [4.78, 5) is 11.2. The summed E-state index contributed by atoms with van der Waals surface area (Å²) < 4.78 is 0. The Morgan fingerprint density at radius 3 is 2.29 bits per heavy atom. The summed E-state index contributed by atoms with van der Waals surface area (Å²) in [7, 11) is 0. The molecule has 0 bridgehead atoms. The minimum Gasteiger partial charge on any atom is -0.277 e. The molecule has 3 rings (SSSR count). The largest absolute Gasteiger partial charge is 0.277 e. The molecule has 3 heteroatoms. The number of allylic oxidation sites excluding steroid dienone is 1. The number of carbonyl (C=O) groups is 1. The highest BCUT2D eigenvalue weighted by Gasteiger charge is 2.26. The molecule has 3 nitrogen and oxygen atoms in total. The third kappa shape index (κ3) is 3.08. The molecule has 0 aromatic heterocycles. The average Bonchev–Trinajstić information content (AvgIpc) is 2.98. The van der Waals surface area contributed by atoms with E-state index < -0.39 is 0 Å². The van der Waals surface area contributed by atoms with E-state index in [-0.39, 0.29) is 6.04 Å². The van der Waals surface area contributed by atoms with E-state index in [1.54, 1.807) is 0 Å². The SMILES string of the molecule is O=CN1N=C(C=Cc2ccccc2)CC1c1ccccc1. The van der Waals surface area contributed by atoms with Gasteiger partial charge in [-0.2, -0.15) is 5.10 Å². The van der Waals surface area contributed by atoms with Gasteiger partial charge < -0.3 is 0 Å². The maximum atomic E-state index is 11.2. The molecule has 0 saturated carbocycles. The van der Waals surface area contributed by atoms with E-state index in [1.807, 2.05) is 72.8 Å². The van der Waals surface area contributed by atoms with Crippen LogP contribution in [0.4, 0.5) is 0 Å². The number of carbonyl (C=O) groups excluding carboxylic acids is 1. The van der Waals surface area contributed by atoms with Crippen LogP contribution in [0.2, 0.25) is 0 Å². The van der Waals surface area contributed by atoms with Crippen LogP contribution in [0.5, 0.6) is 0 Å². The summed E-state index contributed by atoms with van der Waals surface area (Å²) in [6.07, 6.45) is 5.54. The first-order valence-electron chi connectivity index (χ1n) is 6.96. The van der Waals surface area contributed by atoms with Crippen LogP contribution in [0.1, 0.15) is 23.6 Å². The molecule has 0 N–H and O–H groups in total. The van der Waals surface area contributed by atoms with Crippen molar-refractivity contribution in [2.45, 2.75) is 12.5 Å². The molecule has 104 valence electrons. The summed E-state index contributed by atoms with van der Waals surface area (Å²) in [5.41, 5.74) is 3.15. The highest BCUT2D eigenvalue weighted by molar-refractivity contribution is 6.00. The zero-order valence-corrected chi connectivity index (χ0v) is 11.6. The molecule has 1 atom stereocenters. The predicted octanol–water partition coefficient (Wildman–Crippen LogP) is 3.66. The summed E-state index contributed by atoms with van der Waals surface area (Å²) in [6, 6.07) is 20.1. The summed E-state index contributed by atoms with van der Waals surface area (Å²) >= 11 is 0. The fourth-order valence-electron chi connectivity index (χ4n) is 2.45. The highest BCUT2D eigenvalue weighted by atomic mass is 16.1. The van der Waals surface area contributed by atoms with Gasteiger partial charge >= 0.3 is 0 Å². The van der Waals surface area contributed by atoms with Gasteiger partial charge in [0.25, 0.3) is 0 Å². The lowest BCUT2D eigenvalue weighted by atomic mass is 10.0. The van der Waals surface area contributed by atoms with Crippen LogP contribution in [0.15, 0.2) is 71.8 Å². The monoisotopic (exact) mass is 276 g/mol. The predicted molar refractivity (Wildman–Crippen MR) is 84.6 cm³/mol. The van der Waals surface area contributed by atoms with Gasteiger partial charge in [0.05, 0.1) is 11.8 Å². The first kappa shape index (κ1) is 13.3. The van der Waals surface area contributed by atoms with Crippen LogP contribution in [0.25, 0.3) is 6.08 Å². The standard InChI is InChI=1S/C18H16N2O/c21-14-20-18(16-9-5-2-6-10-16)13-17(19-20)12-11-15-7-3-1-4-8-15/h1-12,14,18H,13H2. The molecule has 2 aromatic carbocycles. The quantitative estimate of drug-likeness (QED) is 0.784. The molecule has 21 heavy (non-hydrogen) atoms. The van der Waals surface area contributed by atoms with Gasteiger partial charge in [0.2, 0.25) is 6.41 Å². The van der Waals surface area contributed by atoms with Gasteiger partial charge in [0.15, 0.2) is 0 Å². The number of hydrogen-bond donors (Lipinski definition) is 0. The second-order valence-electron chi connectivity index (χ2n) is 4.95. The second kappa shape index (κ2) is 6.18. The van der Waals surface area contributed by atoms with Crippen LogP contribution in [0, 0.1) is 0 Å². The lowest BCUT2D eigenvalue weighted by Gasteiger charge is -2.16. The van der Waals surface area contributed by atoms with E-state index in [0.29, 0.717) is 0 Å². The van der Waals surface area contributed by atoms with Gasteiger partial charge in [-0.1, -0.05) is 66.7 Å².